The number of hydrogen-bond donors (Lipinski definition) is 2. The first-order valence-electron chi connectivity index (χ1n) is 9.50. The SMILES string of the molecule is COC(=O)c1ccc(C(=O)NCCC(O)CN2CCc3ccccc3C2)cc1. The number of nitrogens with one attached hydrogen (secondary N) is 1. The Bertz CT molecular complexity index is 820. The molecule has 3 rings (SSSR count). The summed E-state index contributed by atoms with van der Waals surface area (Å²) >= 11 is 0. The van der Waals surface area contributed by atoms with E-state index in [4.69, 9.17) is 0 Å². The molecule has 2 aromatic carbocycles. The molecule has 6 nitrogen and oxygen atoms in total. The normalized spacial score (nSPS) is 14.8. The van der Waals surface area contributed by atoms with Crippen LogP contribution in [0.1, 0.15) is 38.3 Å². The number of methoxy groups -OCH3 is 1. The van der Waals surface area contributed by atoms with Gasteiger partial charge in [0.25, 0.3) is 5.91 Å². The number of rotatable bonds is 7. The van der Waals surface area contributed by atoms with E-state index in [2.05, 4.69) is 33.2 Å². The fraction of sp³-hybridized carbons (Fsp3) is 0.364. The van der Waals surface area contributed by atoms with Gasteiger partial charge in [0.05, 0.1) is 18.8 Å². The largest absolute Gasteiger partial charge is 0.465 e. The molecule has 0 spiro atoms. The number of carbonyl (C=O) groups excluding carboxylic acids is 2. The molecule has 6 heteroatoms. The quantitative estimate of drug-likeness (QED) is 0.717. The number of amides is 1. The second kappa shape index (κ2) is 9.48. The molecule has 2 aromatic rings. The van der Waals surface area contributed by atoms with Crippen LogP contribution in [-0.2, 0) is 17.7 Å². The number of aliphatic hydroxyl groups excluding tert-OH is 1. The predicted molar refractivity (Wildman–Crippen MR) is 106 cm³/mol. The summed E-state index contributed by atoms with van der Waals surface area (Å²) < 4.78 is 4.64. The van der Waals surface area contributed by atoms with Gasteiger partial charge in [-0.05, 0) is 48.2 Å². The minimum Gasteiger partial charge on any atom is -0.465 e. The Morgan fingerprint density at radius 1 is 1.11 bits per heavy atom. The third-order valence-corrected chi connectivity index (χ3v) is 5.01. The number of β-amino-alcohol motifs (C(OH)–C–C–N with tert-alkyl or cyclic N) is 1. The standard InChI is InChI=1S/C22H26N2O4/c1-28-22(27)18-8-6-17(7-9-18)21(26)23-12-10-20(25)15-24-13-11-16-4-2-3-5-19(16)14-24/h2-9,20,25H,10-15H2,1H3,(H,23,26). The smallest absolute Gasteiger partial charge is 0.337 e. The Kier molecular flexibility index (Phi) is 6.79. The molecule has 1 unspecified atom stereocenters. The average molecular weight is 382 g/mol. The fourth-order valence-electron chi connectivity index (χ4n) is 3.43. The molecule has 0 aliphatic carbocycles. The van der Waals surface area contributed by atoms with E-state index in [0.29, 0.717) is 30.6 Å². The highest BCUT2D eigenvalue weighted by Crippen LogP contribution is 2.18. The van der Waals surface area contributed by atoms with Crippen molar-refractivity contribution in [2.45, 2.75) is 25.5 Å². The van der Waals surface area contributed by atoms with Crippen LogP contribution in [0, 0.1) is 0 Å². The van der Waals surface area contributed by atoms with Crippen LogP contribution in [0.5, 0.6) is 0 Å². The number of ether oxygens (including phenoxy) is 1. The van der Waals surface area contributed by atoms with E-state index in [-0.39, 0.29) is 5.91 Å². The van der Waals surface area contributed by atoms with Gasteiger partial charge in [0.1, 0.15) is 0 Å². The predicted octanol–water partition coefficient (Wildman–Crippen LogP) is 2.01. The van der Waals surface area contributed by atoms with Gasteiger partial charge in [-0.2, -0.15) is 0 Å². The lowest BCUT2D eigenvalue weighted by Crippen LogP contribution is -2.38. The number of carbonyl (C=O) groups is 2. The van der Waals surface area contributed by atoms with Crippen molar-refractivity contribution in [3.05, 3.63) is 70.8 Å². The van der Waals surface area contributed by atoms with Crippen molar-refractivity contribution >= 4 is 11.9 Å². The first kappa shape index (κ1) is 20.0. The lowest BCUT2D eigenvalue weighted by Gasteiger charge is -2.30. The zero-order chi connectivity index (χ0) is 19.9. The van der Waals surface area contributed by atoms with Gasteiger partial charge in [0, 0.05) is 31.7 Å². The molecule has 148 valence electrons. The number of hydrogen-bond acceptors (Lipinski definition) is 5. The summed E-state index contributed by atoms with van der Waals surface area (Å²) in [5.74, 6) is -0.661. The summed E-state index contributed by atoms with van der Waals surface area (Å²) in [5.41, 5.74) is 3.58. The van der Waals surface area contributed by atoms with Crippen molar-refractivity contribution in [1.82, 2.24) is 10.2 Å². The maximum absolute atomic E-state index is 12.2. The molecular weight excluding hydrogens is 356 g/mol. The van der Waals surface area contributed by atoms with Crippen LogP contribution in [0.4, 0.5) is 0 Å². The molecular formula is C22H26N2O4. The van der Waals surface area contributed by atoms with Crippen LogP contribution in [0.3, 0.4) is 0 Å². The second-order valence-electron chi connectivity index (χ2n) is 7.02. The molecule has 0 saturated heterocycles. The Morgan fingerprint density at radius 2 is 1.79 bits per heavy atom. The average Bonchev–Trinajstić information content (AvgIpc) is 2.73. The zero-order valence-electron chi connectivity index (χ0n) is 16.1. The molecule has 0 saturated carbocycles. The fourth-order valence-corrected chi connectivity index (χ4v) is 3.43. The highest BCUT2D eigenvalue weighted by molar-refractivity contribution is 5.96. The molecule has 28 heavy (non-hydrogen) atoms. The summed E-state index contributed by atoms with van der Waals surface area (Å²) in [7, 11) is 1.32. The van der Waals surface area contributed by atoms with E-state index in [9.17, 15) is 14.7 Å². The van der Waals surface area contributed by atoms with E-state index in [1.165, 1.54) is 18.2 Å². The van der Waals surface area contributed by atoms with Crippen LogP contribution < -0.4 is 5.32 Å². The van der Waals surface area contributed by atoms with E-state index < -0.39 is 12.1 Å². The topological polar surface area (TPSA) is 78.9 Å². The summed E-state index contributed by atoms with van der Waals surface area (Å²) in [6.45, 7) is 2.78. The van der Waals surface area contributed by atoms with Crippen molar-refractivity contribution in [3.63, 3.8) is 0 Å². The minimum absolute atomic E-state index is 0.226. The van der Waals surface area contributed by atoms with Crippen LogP contribution in [-0.4, -0.2) is 54.7 Å². The number of fused-ring (bicyclic) bond motifs is 1. The lowest BCUT2D eigenvalue weighted by atomic mass is 9.99. The number of nitrogens with zero attached hydrogens (tertiary/aromatic N) is 1. The van der Waals surface area contributed by atoms with Crippen LogP contribution in [0.25, 0.3) is 0 Å². The number of aliphatic hydroxyl groups is 1. The first-order valence-corrected chi connectivity index (χ1v) is 9.50. The third-order valence-electron chi connectivity index (χ3n) is 5.01. The third kappa shape index (κ3) is 5.18. The van der Waals surface area contributed by atoms with E-state index in [1.807, 2.05) is 6.07 Å². The van der Waals surface area contributed by atoms with E-state index in [0.717, 1.165) is 19.5 Å². The van der Waals surface area contributed by atoms with Gasteiger partial charge in [-0.3, -0.25) is 9.69 Å². The Morgan fingerprint density at radius 3 is 2.50 bits per heavy atom. The monoisotopic (exact) mass is 382 g/mol. The summed E-state index contributed by atoms with van der Waals surface area (Å²) in [4.78, 5) is 25.9. The van der Waals surface area contributed by atoms with Gasteiger partial charge in [0.15, 0.2) is 0 Å². The van der Waals surface area contributed by atoms with Crippen molar-refractivity contribution in [3.8, 4) is 0 Å². The molecule has 0 bridgehead atoms. The van der Waals surface area contributed by atoms with E-state index >= 15 is 0 Å². The Labute approximate surface area is 165 Å². The Balaban J connectivity index is 1.41. The van der Waals surface area contributed by atoms with Gasteiger partial charge in [0.2, 0.25) is 0 Å². The minimum atomic E-state index is -0.493. The summed E-state index contributed by atoms with van der Waals surface area (Å²) in [6.07, 6.45) is 0.998. The zero-order valence-corrected chi connectivity index (χ0v) is 16.1. The molecule has 2 N–H and O–H groups in total. The molecule has 1 aliphatic heterocycles. The van der Waals surface area contributed by atoms with Crippen LogP contribution in [0.15, 0.2) is 48.5 Å². The highest BCUT2D eigenvalue weighted by atomic mass is 16.5. The molecule has 1 heterocycles. The second-order valence-corrected chi connectivity index (χ2v) is 7.02. The number of benzene rings is 2. The Hall–Kier alpha value is -2.70. The van der Waals surface area contributed by atoms with Crippen molar-refractivity contribution in [1.29, 1.82) is 0 Å². The van der Waals surface area contributed by atoms with Gasteiger partial charge in [-0.1, -0.05) is 24.3 Å². The van der Waals surface area contributed by atoms with Crippen LogP contribution in [0.2, 0.25) is 0 Å². The van der Waals surface area contributed by atoms with Gasteiger partial charge < -0.3 is 15.2 Å². The van der Waals surface area contributed by atoms with Crippen molar-refractivity contribution < 1.29 is 19.4 Å². The van der Waals surface area contributed by atoms with Gasteiger partial charge in [-0.25, -0.2) is 4.79 Å². The van der Waals surface area contributed by atoms with E-state index in [1.54, 1.807) is 24.3 Å². The highest BCUT2D eigenvalue weighted by Gasteiger charge is 2.18. The molecule has 0 radical (unpaired) electrons. The maximum atomic E-state index is 12.2. The summed E-state index contributed by atoms with van der Waals surface area (Å²) in [6, 6.07) is 14.7. The van der Waals surface area contributed by atoms with Gasteiger partial charge >= 0.3 is 5.97 Å². The number of esters is 1. The maximum Gasteiger partial charge on any atom is 0.337 e. The molecule has 1 atom stereocenters. The first-order chi connectivity index (χ1) is 13.6. The summed E-state index contributed by atoms with van der Waals surface area (Å²) in [5, 5.41) is 13.1. The van der Waals surface area contributed by atoms with Crippen molar-refractivity contribution in [2.75, 3.05) is 26.7 Å². The lowest BCUT2D eigenvalue weighted by molar-refractivity contribution is 0.0600. The molecule has 0 aromatic heterocycles. The van der Waals surface area contributed by atoms with Crippen LogP contribution >= 0.6 is 0 Å². The molecule has 0 fully saturated rings. The molecule has 1 aliphatic rings. The molecule has 1 amide bonds. The van der Waals surface area contributed by atoms with Crippen molar-refractivity contribution in [2.24, 2.45) is 0 Å². The van der Waals surface area contributed by atoms with Gasteiger partial charge in [-0.15, -0.1) is 0 Å².